The van der Waals surface area contributed by atoms with Crippen molar-refractivity contribution in [2.75, 3.05) is 13.1 Å². The Labute approximate surface area is 133 Å². The highest BCUT2D eigenvalue weighted by atomic mass is 16.4. The summed E-state index contributed by atoms with van der Waals surface area (Å²) in [6.07, 6.45) is 4.10. The first-order valence-corrected chi connectivity index (χ1v) is 7.48. The number of hydrogen-bond acceptors (Lipinski definition) is 3. The van der Waals surface area contributed by atoms with Crippen LogP contribution in [-0.2, 0) is 11.3 Å². The summed E-state index contributed by atoms with van der Waals surface area (Å²) in [6.45, 7) is 1.17. The van der Waals surface area contributed by atoms with Gasteiger partial charge in [0, 0.05) is 32.0 Å². The van der Waals surface area contributed by atoms with Crippen molar-refractivity contribution in [3.8, 4) is 5.69 Å². The molecule has 2 amide bonds. The van der Waals surface area contributed by atoms with Gasteiger partial charge in [-0.2, -0.15) is 5.10 Å². The maximum absolute atomic E-state index is 12.0. The fourth-order valence-corrected chi connectivity index (χ4v) is 2.62. The molecular weight excluding hydrogens is 296 g/mol. The molecule has 1 aromatic heterocycles. The van der Waals surface area contributed by atoms with E-state index in [1.54, 1.807) is 15.8 Å². The normalized spacial score (nSPS) is 17.2. The minimum Gasteiger partial charge on any atom is -0.481 e. The zero-order valence-corrected chi connectivity index (χ0v) is 12.6. The van der Waals surface area contributed by atoms with Crippen molar-refractivity contribution < 1.29 is 14.7 Å². The number of nitrogens with one attached hydrogen (secondary N) is 1. The van der Waals surface area contributed by atoms with Gasteiger partial charge >= 0.3 is 12.0 Å². The summed E-state index contributed by atoms with van der Waals surface area (Å²) in [5.74, 6) is -1.29. The number of rotatable bonds is 4. The summed E-state index contributed by atoms with van der Waals surface area (Å²) < 4.78 is 1.76. The van der Waals surface area contributed by atoms with Gasteiger partial charge in [-0.3, -0.25) is 4.79 Å². The lowest BCUT2D eigenvalue weighted by Crippen LogP contribution is -2.38. The van der Waals surface area contributed by atoms with Crippen LogP contribution in [0, 0.1) is 5.92 Å². The lowest BCUT2D eigenvalue weighted by atomic mass is 10.1. The quantitative estimate of drug-likeness (QED) is 0.895. The molecule has 0 saturated carbocycles. The van der Waals surface area contributed by atoms with Crippen LogP contribution in [0.25, 0.3) is 5.69 Å². The van der Waals surface area contributed by atoms with Crippen LogP contribution >= 0.6 is 0 Å². The molecule has 1 unspecified atom stereocenters. The average Bonchev–Trinajstić information content (AvgIpc) is 3.24. The molecule has 1 fully saturated rings. The molecule has 2 aromatic rings. The molecule has 1 saturated heterocycles. The molecular formula is C16H18N4O3. The molecule has 120 valence electrons. The molecule has 0 spiro atoms. The summed E-state index contributed by atoms with van der Waals surface area (Å²) in [6, 6.07) is 9.37. The van der Waals surface area contributed by atoms with E-state index in [4.69, 9.17) is 5.11 Å². The Balaban J connectivity index is 1.52. The van der Waals surface area contributed by atoms with Crippen molar-refractivity contribution in [3.05, 3.63) is 48.3 Å². The van der Waals surface area contributed by atoms with Gasteiger partial charge in [-0.25, -0.2) is 9.48 Å². The van der Waals surface area contributed by atoms with Crippen LogP contribution in [-0.4, -0.2) is 44.9 Å². The van der Waals surface area contributed by atoms with Gasteiger partial charge in [0.2, 0.25) is 0 Å². The third-order valence-electron chi connectivity index (χ3n) is 3.97. The average molecular weight is 314 g/mol. The Morgan fingerprint density at radius 1 is 1.30 bits per heavy atom. The van der Waals surface area contributed by atoms with E-state index in [1.165, 1.54) is 0 Å². The number of urea groups is 1. The Morgan fingerprint density at radius 2 is 2.09 bits per heavy atom. The monoisotopic (exact) mass is 314 g/mol. The Kier molecular flexibility index (Phi) is 4.27. The fourth-order valence-electron chi connectivity index (χ4n) is 2.62. The molecule has 3 rings (SSSR count). The second kappa shape index (κ2) is 6.51. The Bertz CT molecular complexity index is 682. The first-order chi connectivity index (χ1) is 11.1. The van der Waals surface area contributed by atoms with Gasteiger partial charge in [0.15, 0.2) is 0 Å². The highest BCUT2D eigenvalue weighted by Gasteiger charge is 2.30. The lowest BCUT2D eigenvalue weighted by Gasteiger charge is -2.16. The largest absolute Gasteiger partial charge is 0.481 e. The van der Waals surface area contributed by atoms with E-state index in [2.05, 4.69) is 10.4 Å². The maximum Gasteiger partial charge on any atom is 0.317 e. The first-order valence-electron chi connectivity index (χ1n) is 7.48. The van der Waals surface area contributed by atoms with Gasteiger partial charge in [-0.15, -0.1) is 0 Å². The first kappa shape index (κ1) is 15.1. The molecule has 23 heavy (non-hydrogen) atoms. The number of amides is 2. The Morgan fingerprint density at radius 3 is 2.70 bits per heavy atom. The van der Waals surface area contributed by atoms with Crippen LogP contribution in [0.2, 0.25) is 0 Å². The summed E-state index contributed by atoms with van der Waals surface area (Å²) in [5.41, 5.74) is 1.93. The second-order valence-electron chi connectivity index (χ2n) is 5.55. The van der Waals surface area contributed by atoms with Crippen LogP contribution in [0.3, 0.4) is 0 Å². The van der Waals surface area contributed by atoms with E-state index >= 15 is 0 Å². The predicted octanol–water partition coefficient (Wildman–Crippen LogP) is 1.49. The molecule has 2 heterocycles. The number of benzene rings is 1. The van der Waals surface area contributed by atoms with Gasteiger partial charge in [-0.1, -0.05) is 12.1 Å². The topological polar surface area (TPSA) is 87.5 Å². The maximum atomic E-state index is 12.0. The van der Waals surface area contributed by atoms with Gasteiger partial charge in [0.1, 0.15) is 0 Å². The van der Waals surface area contributed by atoms with Crippen molar-refractivity contribution in [1.29, 1.82) is 0 Å². The molecule has 1 aliphatic rings. The molecule has 1 atom stereocenters. The van der Waals surface area contributed by atoms with Crippen molar-refractivity contribution in [2.45, 2.75) is 13.0 Å². The molecule has 0 aliphatic carbocycles. The minimum absolute atomic E-state index is 0.218. The lowest BCUT2D eigenvalue weighted by molar-refractivity contribution is -0.141. The molecule has 1 aromatic carbocycles. The number of likely N-dealkylation sites (tertiary alicyclic amines) is 1. The second-order valence-corrected chi connectivity index (χ2v) is 5.55. The summed E-state index contributed by atoms with van der Waals surface area (Å²) in [4.78, 5) is 24.5. The van der Waals surface area contributed by atoms with Crippen LogP contribution in [0.1, 0.15) is 12.0 Å². The molecule has 2 N–H and O–H groups in total. The van der Waals surface area contributed by atoms with Gasteiger partial charge in [-0.05, 0) is 30.2 Å². The number of carbonyl (C=O) groups is 2. The van der Waals surface area contributed by atoms with E-state index in [0.717, 1.165) is 11.3 Å². The number of aromatic nitrogens is 2. The van der Waals surface area contributed by atoms with E-state index in [9.17, 15) is 9.59 Å². The minimum atomic E-state index is -0.838. The van der Waals surface area contributed by atoms with Gasteiger partial charge < -0.3 is 15.3 Å². The number of hydrogen-bond donors (Lipinski definition) is 2. The molecule has 7 nitrogen and oxygen atoms in total. The Hall–Kier alpha value is -2.83. The van der Waals surface area contributed by atoms with E-state index < -0.39 is 11.9 Å². The highest BCUT2D eigenvalue weighted by molar-refractivity contribution is 5.77. The number of carboxylic acids is 1. The molecule has 7 heteroatoms. The molecule has 0 radical (unpaired) electrons. The highest BCUT2D eigenvalue weighted by Crippen LogP contribution is 2.16. The zero-order chi connectivity index (χ0) is 16.2. The van der Waals surface area contributed by atoms with Crippen LogP contribution in [0.4, 0.5) is 4.79 Å². The van der Waals surface area contributed by atoms with Crippen molar-refractivity contribution >= 4 is 12.0 Å². The summed E-state index contributed by atoms with van der Waals surface area (Å²) >= 11 is 0. The zero-order valence-electron chi connectivity index (χ0n) is 12.6. The van der Waals surface area contributed by atoms with Crippen LogP contribution in [0.15, 0.2) is 42.7 Å². The predicted molar refractivity (Wildman–Crippen MR) is 83.1 cm³/mol. The van der Waals surface area contributed by atoms with E-state index in [0.29, 0.717) is 19.5 Å². The van der Waals surface area contributed by atoms with E-state index in [1.807, 2.05) is 36.5 Å². The van der Waals surface area contributed by atoms with Crippen molar-refractivity contribution in [3.63, 3.8) is 0 Å². The van der Waals surface area contributed by atoms with Crippen LogP contribution < -0.4 is 5.32 Å². The van der Waals surface area contributed by atoms with Crippen molar-refractivity contribution in [1.82, 2.24) is 20.0 Å². The number of aliphatic carboxylic acids is 1. The standard InChI is InChI=1S/C16H18N4O3/c21-15(22)13-6-9-19(11-13)16(23)17-10-12-2-4-14(5-3-12)20-8-1-7-18-20/h1-5,7-8,13H,6,9-11H2,(H,17,23)(H,21,22). The van der Waals surface area contributed by atoms with Crippen LogP contribution in [0.5, 0.6) is 0 Å². The third-order valence-corrected chi connectivity index (χ3v) is 3.97. The summed E-state index contributed by atoms with van der Waals surface area (Å²) in [7, 11) is 0. The number of nitrogens with zero attached hydrogens (tertiary/aromatic N) is 3. The van der Waals surface area contributed by atoms with Gasteiger partial charge in [0.05, 0.1) is 11.6 Å². The molecule has 1 aliphatic heterocycles. The smallest absolute Gasteiger partial charge is 0.317 e. The van der Waals surface area contributed by atoms with E-state index in [-0.39, 0.29) is 12.6 Å². The van der Waals surface area contributed by atoms with Gasteiger partial charge in [0.25, 0.3) is 0 Å². The summed E-state index contributed by atoms with van der Waals surface area (Å²) in [5, 5.41) is 15.9. The third kappa shape index (κ3) is 3.50. The SMILES string of the molecule is O=C(O)C1CCN(C(=O)NCc2ccc(-n3cccn3)cc2)C1. The molecule has 0 bridgehead atoms. The number of carbonyl (C=O) groups excluding carboxylic acids is 1. The number of carboxylic acid groups (broad SMARTS) is 1. The van der Waals surface area contributed by atoms with Crippen molar-refractivity contribution in [2.24, 2.45) is 5.92 Å². The fraction of sp³-hybridized carbons (Fsp3) is 0.312.